The second-order valence-electron chi connectivity index (χ2n) is 6.42. The van der Waals surface area contributed by atoms with E-state index in [1.807, 2.05) is 12.1 Å². The normalized spacial score (nSPS) is 14.9. The Balaban J connectivity index is 1.29. The fourth-order valence-corrected chi connectivity index (χ4v) is 2.75. The highest BCUT2D eigenvalue weighted by Crippen LogP contribution is 2.30. The molecule has 3 aromatic carbocycles. The number of para-hydroxylation sites is 2. The molecule has 1 aliphatic rings. The Morgan fingerprint density at radius 1 is 0.933 bits per heavy atom. The molecule has 0 aliphatic carbocycles. The molecule has 150 valence electrons. The zero-order valence-electron chi connectivity index (χ0n) is 15.9. The van der Waals surface area contributed by atoms with Gasteiger partial charge in [-0.1, -0.05) is 30.3 Å². The number of nitrogens with zero attached hydrogens (tertiary/aromatic N) is 1. The van der Waals surface area contributed by atoms with Crippen LogP contribution in [-0.4, -0.2) is 30.8 Å². The van der Waals surface area contributed by atoms with Crippen molar-refractivity contribution in [2.75, 3.05) is 6.61 Å². The maximum absolute atomic E-state index is 12.2. The van der Waals surface area contributed by atoms with Gasteiger partial charge in [-0.25, -0.2) is 10.2 Å². The molecule has 0 saturated carbocycles. The average molecular weight is 402 g/mol. The van der Waals surface area contributed by atoms with Crippen molar-refractivity contribution in [1.82, 2.24) is 5.43 Å². The predicted octanol–water partition coefficient (Wildman–Crippen LogP) is 3.20. The summed E-state index contributed by atoms with van der Waals surface area (Å²) in [6.07, 6.45) is 0.704. The van der Waals surface area contributed by atoms with Crippen LogP contribution in [0, 0.1) is 0 Å². The number of ether oxygens (including phenoxy) is 3. The molecule has 1 heterocycles. The van der Waals surface area contributed by atoms with Crippen LogP contribution in [0.5, 0.6) is 17.2 Å². The first-order valence-corrected chi connectivity index (χ1v) is 9.28. The number of benzene rings is 3. The van der Waals surface area contributed by atoms with E-state index in [2.05, 4.69) is 10.5 Å². The minimum Gasteiger partial charge on any atom is -0.485 e. The molecule has 30 heavy (non-hydrogen) atoms. The fourth-order valence-electron chi connectivity index (χ4n) is 2.75. The van der Waals surface area contributed by atoms with Crippen molar-refractivity contribution in [1.29, 1.82) is 0 Å². The summed E-state index contributed by atoms with van der Waals surface area (Å²) in [7, 11) is 0. The van der Waals surface area contributed by atoms with Gasteiger partial charge in [-0.2, -0.15) is 5.10 Å². The molecule has 0 bridgehead atoms. The SMILES string of the molecule is O=C(Oc1ccc(C=NNC(=O)C2COc3ccccc3O2)cc1)c1ccccc1. The lowest BCUT2D eigenvalue weighted by Gasteiger charge is -2.24. The van der Waals surface area contributed by atoms with Crippen LogP contribution in [-0.2, 0) is 4.79 Å². The van der Waals surface area contributed by atoms with Gasteiger partial charge in [0.05, 0.1) is 11.8 Å². The van der Waals surface area contributed by atoms with Gasteiger partial charge < -0.3 is 14.2 Å². The highest BCUT2D eigenvalue weighted by atomic mass is 16.6. The Hall–Kier alpha value is -4.13. The highest BCUT2D eigenvalue weighted by molar-refractivity contribution is 5.91. The molecule has 1 atom stereocenters. The van der Waals surface area contributed by atoms with Crippen molar-refractivity contribution >= 4 is 18.1 Å². The summed E-state index contributed by atoms with van der Waals surface area (Å²) in [6, 6.07) is 22.7. The summed E-state index contributed by atoms with van der Waals surface area (Å²) in [5.41, 5.74) is 3.64. The summed E-state index contributed by atoms with van der Waals surface area (Å²) in [6.45, 7) is 0.111. The predicted molar refractivity (Wildman–Crippen MR) is 110 cm³/mol. The van der Waals surface area contributed by atoms with Gasteiger partial charge in [0.1, 0.15) is 12.4 Å². The van der Waals surface area contributed by atoms with Crippen molar-refractivity contribution in [2.45, 2.75) is 6.10 Å². The van der Waals surface area contributed by atoms with Gasteiger partial charge in [-0.3, -0.25) is 4.79 Å². The maximum Gasteiger partial charge on any atom is 0.343 e. The van der Waals surface area contributed by atoms with E-state index in [0.29, 0.717) is 22.8 Å². The minimum absolute atomic E-state index is 0.111. The lowest BCUT2D eigenvalue weighted by molar-refractivity contribution is -0.130. The fraction of sp³-hybridized carbons (Fsp3) is 0.0870. The summed E-state index contributed by atoms with van der Waals surface area (Å²) < 4.78 is 16.5. The van der Waals surface area contributed by atoms with E-state index in [1.54, 1.807) is 66.7 Å². The van der Waals surface area contributed by atoms with Crippen LogP contribution in [0.15, 0.2) is 84.0 Å². The van der Waals surface area contributed by atoms with Gasteiger partial charge >= 0.3 is 5.97 Å². The van der Waals surface area contributed by atoms with Crippen LogP contribution in [0.1, 0.15) is 15.9 Å². The molecular weight excluding hydrogens is 384 g/mol. The first-order chi connectivity index (χ1) is 14.7. The van der Waals surface area contributed by atoms with Crippen molar-refractivity contribution in [3.63, 3.8) is 0 Å². The van der Waals surface area contributed by atoms with Gasteiger partial charge in [0, 0.05) is 0 Å². The largest absolute Gasteiger partial charge is 0.485 e. The van der Waals surface area contributed by atoms with Crippen LogP contribution >= 0.6 is 0 Å². The standard InChI is InChI=1S/C23H18N2O5/c26-22(21-15-28-19-8-4-5-9-20(19)30-21)25-24-14-16-10-12-18(13-11-16)29-23(27)17-6-2-1-3-7-17/h1-14,21H,15H2,(H,25,26). The third kappa shape index (κ3) is 4.64. The number of hydrogen-bond acceptors (Lipinski definition) is 6. The number of hydrazone groups is 1. The zero-order valence-corrected chi connectivity index (χ0v) is 15.9. The summed E-state index contributed by atoms with van der Waals surface area (Å²) in [5, 5.41) is 3.94. The highest BCUT2D eigenvalue weighted by Gasteiger charge is 2.26. The Kier molecular flexibility index (Phi) is 5.70. The van der Waals surface area contributed by atoms with E-state index in [1.165, 1.54) is 6.21 Å². The van der Waals surface area contributed by atoms with E-state index in [4.69, 9.17) is 14.2 Å². The lowest BCUT2D eigenvalue weighted by Crippen LogP contribution is -2.42. The van der Waals surface area contributed by atoms with Crippen molar-refractivity contribution in [3.8, 4) is 17.2 Å². The molecule has 0 aromatic heterocycles. The molecule has 7 nitrogen and oxygen atoms in total. The smallest absolute Gasteiger partial charge is 0.343 e. The number of amides is 1. The summed E-state index contributed by atoms with van der Waals surface area (Å²) in [5.74, 6) is 0.706. The lowest BCUT2D eigenvalue weighted by atomic mass is 10.2. The van der Waals surface area contributed by atoms with E-state index in [-0.39, 0.29) is 6.61 Å². The number of nitrogens with one attached hydrogen (secondary N) is 1. The minimum atomic E-state index is -0.781. The van der Waals surface area contributed by atoms with Gasteiger partial charge in [0.2, 0.25) is 6.10 Å². The molecule has 1 aliphatic heterocycles. The van der Waals surface area contributed by atoms with Crippen LogP contribution in [0.4, 0.5) is 0 Å². The monoisotopic (exact) mass is 402 g/mol. The molecule has 3 aromatic rings. The molecule has 4 rings (SSSR count). The first kappa shape index (κ1) is 19.2. The van der Waals surface area contributed by atoms with E-state index in [0.717, 1.165) is 5.56 Å². The van der Waals surface area contributed by atoms with E-state index >= 15 is 0 Å². The van der Waals surface area contributed by atoms with Crippen LogP contribution in [0.2, 0.25) is 0 Å². The molecule has 0 radical (unpaired) electrons. The third-order valence-electron chi connectivity index (χ3n) is 4.29. The third-order valence-corrected chi connectivity index (χ3v) is 4.29. The van der Waals surface area contributed by atoms with Crippen LogP contribution < -0.4 is 19.6 Å². The molecule has 0 spiro atoms. The Morgan fingerprint density at radius 2 is 1.63 bits per heavy atom. The van der Waals surface area contributed by atoms with Gasteiger partial charge in [-0.15, -0.1) is 0 Å². The van der Waals surface area contributed by atoms with Gasteiger partial charge in [-0.05, 0) is 54.1 Å². The quantitative estimate of drug-likeness (QED) is 0.307. The van der Waals surface area contributed by atoms with Crippen LogP contribution in [0.3, 0.4) is 0 Å². The number of fused-ring (bicyclic) bond motifs is 1. The Labute approximate surface area is 172 Å². The Bertz CT molecular complexity index is 1060. The van der Waals surface area contributed by atoms with Gasteiger partial charge in [0.15, 0.2) is 11.5 Å². The number of esters is 1. The molecule has 0 saturated heterocycles. The van der Waals surface area contributed by atoms with Gasteiger partial charge in [0.25, 0.3) is 5.91 Å². The second kappa shape index (κ2) is 8.91. The van der Waals surface area contributed by atoms with E-state index in [9.17, 15) is 9.59 Å². The number of carbonyl (C=O) groups excluding carboxylic acids is 2. The summed E-state index contributed by atoms with van der Waals surface area (Å²) >= 11 is 0. The van der Waals surface area contributed by atoms with E-state index < -0.39 is 18.0 Å². The molecule has 1 N–H and O–H groups in total. The average Bonchev–Trinajstić information content (AvgIpc) is 2.80. The Morgan fingerprint density at radius 3 is 2.40 bits per heavy atom. The molecule has 1 amide bonds. The van der Waals surface area contributed by atoms with Crippen molar-refractivity contribution < 1.29 is 23.8 Å². The topological polar surface area (TPSA) is 86.2 Å². The molecule has 1 unspecified atom stereocenters. The number of rotatable bonds is 5. The van der Waals surface area contributed by atoms with Crippen molar-refractivity contribution in [2.24, 2.45) is 5.10 Å². The number of hydrogen-bond donors (Lipinski definition) is 1. The summed E-state index contributed by atoms with van der Waals surface area (Å²) in [4.78, 5) is 24.3. The van der Waals surface area contributed by atoms with Crippen molar-refractivity contribution in [3.05, 3.63) is 90.0 Å². The molecule has 0 fully saturated rings. The first-order valence-electron chi connectivity index (χ1n) is 9.28. The van der Waals surface area contributed by atoms with Crippen LogP contribution in [0.25, 0.3) is 0 Å². The number of carbonyl (C=O) groups is 2. The molecular formula is C23H18N2O5. The second-order valence-corrected chi connectivity index (χ2v) is 6.42. The molecule has 7 heteroatoms. The maximum atomic E-state index is 12.2. The zero-order chi connectivity index (χ0) is 20.8.